The SMILES string of the molecule is CC.CC1CN(c2cc(O[C@@H](C)C3CCCN3C)nc(-c3onc4c3CCC[C@@]43CCCc4sc(N)c(C#N)c43)n2)C[C@H](C)N1. The zero-order chi connectivity index (χ0) is 31.9. The predicted octanol–water partition coefficient (Wildman–Crippen LogP) is 5.68. The molecule has 4 aliphatic rings. The van der Waals surface area contributed by atoms with Crippen molar-refractivity contribution in [1.82, 2.24) is 25.3 Å². The molecule has 5 heterocycles. The quantitative estimate of drug-likeness (QED) is 0.362. The van der Waals surface area contributed by atoms with E-state index in [9.17, 15) is 5.26 Å². The first-order valence-corrected chi connectivity index (χ1v) is 17.7. The number of anilines is 2. The van der Waals surface area contributed by atoms with E-state index in [1.165, 1.54) is 11.3 Å². The van der Waals surface area contributed by atoms with Gasteiger partial charge in [-0.05, 0) is 91.3 Å². The predicted molar refractivity (Wildman–Crippen MR) is 179 cm³/mol. The number of fused-ring (bicyclic) bond motifs is 4. The maximum absolute atomic E-state index is 10.1. The fourth-order valence-electron chi connectivity index (χ4n) is 8.28. The summed E-state index contributed by atoms with van der Waals surface area (Å²) in [6, 6.07) is 5.44. The molecule has 2 unspecified atom stereocenters. The number of piperazine rings is 1. The lowest BCUT2D eigenvalue weighted by Gasteiger charge is -2.39. The van der Waals surface area contributed by atoms with E-state index in [0.717, 1.165) is 87.2 Å². The molecule has 7 rings (SSSR count). The van der Waals surface area contributed by atoms with Crippen LogP contribution in [-0.4, -0.2) is 70.9 Å². The number of nitriles is 1. The molecule has 242 valence electrons. The van der Waals surface area contributed by atoms with E-state index in [1.807, 2.05) is 19.9 Å². The number of thiophene rings is 1. The highest BCUT2D eigenvalue weighted by molar-refractivity contribution is 7.16. The largest absolute Gasteiger partial charge is 0.473 e. The average Bonchev–Trinajstić information content (AvgIpc) is 3.75. The van der Waals surface area contributed by atoms with Crippen LogP contribution in [0.1, 0.15) is 100 Å². The van der Waals surface area contributed by atoms with E-state index in [-0.39, 0.29) is 11.5 Å². The Morgan fingerprint density at radius 1 is 1.16 bits per heavy atom. The van der Waals surface area contributed by atoms with Crippen molar-refractivity contribution >= 4 is 22.2 Å². The van der Waals surface area contributed by atoms with Crippen LogP contribution in [0.3, 0.4) is 0 Å². The lowest BCUT2D eigenvalue weighted by atomic mass is 9.62. The Labute approximate surface area is 271 Å². The Kier molecular flexibility index (Phi) is 9.10. The van der Waals surface area contributed by atoms with Crippen LogP contribution in [0.5, 0.6) is 5.88 Å². The zero-order valence-electron chi connectivity index (χ0n) is 27.7. The van der Waals surface area contributed by atoms with Gasteiger partial charge in [0, 0.05) is 53.1 Å². The Bertz CT molecular complexity index is 1550. The van der Waals surface area contributed by atoms with Crippen LogP contribution in [0.15, 0.2) is 10.6 Å². The first kappa shape index (κ1) is 31.8. The van der Waals surface area contributed by atoms with Gasteiger partial charge in [-0.25, -0.2) is 4.98 Å². The number of nitrogens with zero attached hydrogens (tertiary/aromatic N) is 6. The molecule has 3 aromatic rings. The van der Waals surface area contributed by atoms with E-state index in [2.05, 4.69) is 49.0 Å². The molecule has 2 saturated heterocycles. The number of ether oxygens (including phenoxy) is 1. The summed E-state index contributed by atoms with van der Waals surface area (Å²) in [5.41, 5.74) is 9.71. The summed E-state index contributed by atoms with van der Waals surface area (Å²) in [7, 11) is 2.17. The van der Waals surface area contributed by atoms with Gasteiger partial charge in [-0.15, -0.1) is 11.3 Å². The minimum absolute atomic E-state index is 0.00927. The topological polar surface area (TPSA) is 129 Å². The highest BCUT2D eigenvalue weighted by Gasteiger charge is 2.48. The van der Waals surface area contributed by atoms with E-state index in [4.69, 9.17) is 30.1 Å². The van der Waals surface area contributed by atoms with Crippen molar-refractivity contribution in [3.8, 4) is 23.5 Å². The molecule has 0 bridgehead atoms. The van der Waals surface area contributed by atoms with Gasteiger partial charge in [0.05, 0.1) is 11.3 Å². The minimum Gasteiger partial charge on any atom is -0.473 e. The summed E-state index contributed by atoms with van der Waals surface area (Å²) in [4.78, 5) is 16.0. The molecule has 11 heteroatoms. The Morgan fingerprint density at radius 3 is 2.58 bits per heavy atom. The summed E-state index contributed by atoms with van der Waals surface area (Å²) in [6.07, 6.45) is 7.96. The molecule has 2 aliphatic carbocycles. The molecule has 10 nitrogen and oxygen atoms in total. The molecule has 3 N–H and O–H groups in total. The number of hydrogen-bond acceptors (Lipinski definition) is 11. The Morgan fingerprint density at radius 2 is 1.89 bits per heavy atom. The summed E-state index contributed by atoms with van der Waals surface area (Å²) in [6.45, 7) is 13.3. The van der Waals surface area contributed by atoms with E-state index in [0.29, 0.717) is 46.2 Å². The number of aromatic nitrogens is 3. The van der Waals surface area contributed by atoms with Crippen LogP contribution >= 0.6 is 11.3 Å². The van der Waals surface area contributed by atoms with E-state index in [1.54, 1.807) is 11.3 Å². The highest BCUT2D eigenvalue weighted by Crippen LogP contribution is 2.54. The van der Waals surface area contributed by atoms with Gasteiger partial charge in [-0.1, -0.05) is 19.0 Å². The molecule has 5 atom stereocenters. The number of likely N-dealkylation sites (N-methyl/N-ethyl adjacent to an activating group) is 1. The average molecular weight is 633 g/mol. The lowest BCUT2D eigenvalue weighted by molar-refractivity contribution is 0.117. The number of rotatable bonds is 5. The van der Waals surface area contributed by atoms with Crippen LogP contribution < -0.4 is 20.7 Å². The fourth-order valence-corrected chi connectivity index (χ4v) is 9.44. The van der Waals surface area contributed by atoms with Crippen LogP contribution in [-0.2, 0) is 18.3 Å². The maximum Gasteiger partial charge on any atom is 0.219 e. The molecule has 0 radical (unpaired) electrons. The molecule has 2 aliphatic heterocycles. The Balaban J connectivity index is 0.00000175. The lowest BCUT2D eigenvalue weighted by Crippen LogP contribution is -2.54. The van der Waals surface area contributed by atoms with Gasteiger partial charge >= 0.3 is 0 Å². The molecule has 0 aromatic carbocycles. The summed E-state index contributed by atoms with van der Waals surface area (Å²) < 4.78 is 12.8. The van der Waals surface area contributed by atoms with Crippen molar-refractivity contribution < 1.29 is 9.26 Å². The first-order chi connectivity index (χ1) is 21.8. The van der Waals surface area contributed by atoms with Gasteiger partial charge < -0.3 is 25.2 Å². The van der Waals surface area contributed by atoms with E-state index < -0.39 is 0 Å². The molecule has 45 heavy (non-hydrogen) atoms. The van der Waals surface area contributed by atoms with Crippen LogP contribution in [0, 0.1) is 11.3 Å². The van der Waals surface area contributed by atoms with Crippen LogP contribution in [0.4, 0.5) is 10.8 Å². The molecular formula is C34H48N8O2S. The van der Waals surface area contributed by atoms with Crippen LogP contribution in [0.25, 0.3) is 11.6 Å². The Hall–Kier alpha value is -3.20. The number of nitrogens with two attached hydrogens (primary N) is 1. The third kappa shape index (κ3) is 5.70. The van der Waals surface area contributed by atoms with Gasteiger partial charge in [-0.3, -0.25) is 4.90 Å². The van der Waals surface area contributed by atoms with Gasteiger partial charge in [-0.2, -0.15) is 10.2 Å². The fraction of sp³-hybridized carbons (Fsp3) is 0.647. The second-order valence-electron chi connectivity index (χ2n) is 13.2. The van der Waals surface area contributed by atoms with Crippen molar-refractivity contribution in [2.24, 2.45) is 0 Å². The second kappa shape index (κ2) is 12.9. The minimum atomic E-state index is -0.357. The monoisotopic (exact) mass is 632 g/mol. The summed E-state index contributed by atoms with van der Waals surface area (Å²) in [5, 5.41) is 19.1. The number of aryl methyl sites for hydroxylation is 1. The van der Waals surface area contributed by atoms with Gasteiger partial charge in [0.2, 0.25) is 17.5 Å². The van der Waals surface area contributed by atoms with Gasteiger partial charge in [0.15, 0.2) is 0 Å². The van der Waals surface area contributed by atoms with Crippen LogP contribution in [0.2, 0.25) is 0 Å². The van der Waals surface area contributed by atoms with Crippen molar-refractivity contribution in [1.29, 1.82) is 5.26 Å². The second-order valence-corrected chi connectivity index (χ2v) is 14.3. The third-order valence-electron chi connectivity index (χ3n) is 10.1. The maximum atomic E-state index is 10.1. The molecule has 3 aromatic heterocycles. The van der Waals surface area contributed by atoms with E-state index >= 15 is 0 Å². The highest BCUT2D eigenvalue weighted by atomic mass is 32.1. The zero-order valence-corrected chi connectivity index (χ0v) is 28.5. The van der Waals surface area contributed by atoms with Crippen molar-refractivity contribution in [2.45, 2.75) is 116 Å². The van der Waals surface area contributed by atoms with Crippen molar-refractivity contribution in [3.63, 3.8) is 0 Å². The molecule has 2 fully saturated rings. The number of hydrogen-bond donors (Lipinski definition) is 2. The van der Waals surface area contributed by atoms with Gasteiger partial charge in [0.1, 0.15) is 23.0 Å². The van der Waals surface area contributed by atoms with Gasteiger partial charge in [0.25, 0.3) is 0 Å². The number of nitrogens with one attached hydrogen (secondary N) is 1. The summed E-state index contributed by atoms with van der Waals surface area (Å²) >= 11 is 1.56. The normalized spacial score (nSPS) is 26.9. The third-order valence-corrected chi connectivity index (χ3v) is 11.2. The molecule has 0 saturated carbocycles. The number of nitrogen functional groups attached to an aromatic ring is 1. The number of likely N-dealkylation sites (tertiary alicyclic amines) is 1. The smallest absolute Gasteiger partial charge is 0.219 e. The van der Waals surface area contributed by atoms with Crippen molar-refractivity contribution in [3.05, 3.63) is 33.3 Å². The standard InChI is InChI=1S/C32H42N8O2S.C2H6/c1-18-16-40(17-19(2)35-18)25-14-26(41-20(3)23-9-7-13-39(23)4)37-31(36-25)28-21-8-5-11-32(29(21)38-42-28)12-6-10-24-27(32)22(15-33)30(34)43-24;1-2/h14,18-20,23,35H,5-13,16-17,34H2,1-4H3;1-2H3/t18-,19?,20-,23?,32-;/m0./s1. The van der Waals surface area contributed by atoms with Crippen molar-refractivity contribution in [2.75, 3.05) is 37.3 Å². The molecular weight excluding hydrogens is 584 g/mol. The molecule has 0 amide bonds. The first-order valence-electron chi connectivity index (χ1n) is 16.9. The summed E-state index contributed by atoms with van der Waals surface area (Å²) in [5.74, 6) is 2.56. The molecule has 1 spiro atoms.